The number of anilines is 2. The molecule has 34 heavy (non-hydrogen) atoms. The van der Waals surface area contributed by atoms with Gasteiger partial charge in [-0.2, -0.15) is 10.1 Å². The van der Waals surface area contributed by atoms with Gasteiger partial charge in [0.05, 0.1) is 29.0 Å². The normalized spacial score (nSPS) is 11.1. The van der Waals surface area contributed by atoms with Crippen LogP contribution in [0.4, 0.5) is 16.0 Å². The van der Waals surface area contributed by atoms with Crippen molar-refractivity contribution >= 4 is 46.9 Å². The Morgan fingerprint density at radius 2 is 2.06 bits per heavy atom. The summed E-state index contributed by atoms with van der Waals surface area (Å²) in [6.45, 7) is 2.06. The average molecular weight is 498 g/mol. The maximum atomic E-state index is 13.5. The van der Waals surface area contributed by atoms with Crippen molar-refractivity contribution in [3.8, 4) is 16.9 Å². The molecule has 0 fully saturated rings. The summed E-state index contributed by atoms with van der Waals surface area (Å²) in [5, 5.41) is 7.70. The molecule has 0 saturated heterocycles. The number of benzene rings is 2. The van der Waals surface area contributed by atoms with E-state index in [1.54, 1.807) is 25.4 Å². The first-order valence-electron chi connectivity index (χ1n) is 10.2. The third-order valence-electron chi connectivity index (χ3n) is 4.61. The minimum Gasteiger partial charge on any atom is -0.463 e. The Bertz CT molecular complexity index is 1370. The standard InChI is InChI=1S/C24H18Cl2FN5O2/c1-2-34-22(33)9-6-15-4-3-5-16(10-15)19-13-28-24(30-18-7-8-21(27)20(26)11-18)31-23(19)32-14-17(25)12-29-32/h3-14H,2H2,1H3,(H,28,30,31). The third kappa shape index (κ3) is 5.59. The molecule has 0 radical (unpaired) electrons. The van der Waals surface area contributed by atoms with Crippen LogP contribution in [-0.2, 0) is 9.53 Å². The van der Waals surface area contributed by atoms with Crippen LogP contribution in [0.5, 0.6) is 0 Å². The molecular formula is C24H18Cl2FN5O2. The zero-order valence-electron chi connectivity index (χ0n) is 17.9. The van der Waals surface area contributed by atoms with Gasteiger partial charge in [-0.3, -0.25) is 0 Å². The number of aromatic nitrogens is 4. The first-order valence-corrected chi connectivity index (χ1v) is 10.9. The Morgan fingerprint density at radius 3 is 2.79 bits per heavy atom. The zero-order chi connectivity index (χ0) is 24.1. The summed E-state index contributed by atoms with van der Waals surface area (Å²) in [4.78, 5) is 20.6. The molecule has 1 N–H and O–H groups in total. The first-order chi connectivity index (χ1) is 16.4. The molecule has 7 nitrogen and oxygen atoms in total. The number of halogens is 3. The Morgan fingerprint density at radius 1 is 1.21 bits per heavy atom. The fraction of sp³-hybridized carbons (Fsp3) is 0.0833. The van der Waals surface area contributed by atoms with E-state index in [1.165, 1.54) is 35.2 Å². The van der Waals surface area contributed by atoms with Gasteiger partial charge in [0.1, 0.15) is 5.82 Å². The maximum absolute atomic E-state index is 13.5. The number of carbonyl (C=O) groups is 1. The minimum absolute atomic E-state index is 0.0200. The highest BCUT2D eigenvalue weighted by Crippen LogP contribution is 2.28. The van der Waals surface area contributed by atoms with Crippen molar-refractivity contribution in [2.24, 2.45) is 0 Å². The quantitative estimate of drug-likeness (QED) is 0.245. The first kappa shape index (κ1) is 23.4. The molecule has 10 heteroatoms. The van der Waals surface area contributed by atoms with E-state index in [-0.39, 0.29) is 11.0 Å². The highest BCUT2D eigenvalue weighted by molar-refractivity contribution is 6.31. The highest BCUT2D eigenvalue weighted by Gasteiger charge is 2.14. The second kappa shape index (κ2) is 10.5. The number of esters is 1. The van der Waals surface area contributed by atoms with E-state index in [9.17, 15) is 9.18 Å². The summed E-state index contributed by atoms with van der Waals surface area (Å²) >= 11 is 12.0. The van der Waals surface area contributed by atoms with E-state index < -0.39 is 11.8 Å². The monoisotopic (exact) mass is 497 g/mol. The lowest BCUT2D eigenvalue weighted by atomic mass is 10.0. The van der Waals surface area contributed by atoms with Crippen molar-refractivity contribution < 1.29 is 13.9 Å². The smallest absolute Gasteiger partial charge is 0.330 e. The molecule has 0 saturated carbocycles. The molecule has 4 rings (SSSR count). The van der Waals surface area contributed by atoms with Gasteiger partial charge in [-0.25, -0.2) is 18.9 Å². The van der Waals surface area contributed by atoms with Crippen molar-refractivity contribution in [3.63, 3.8) is 0 Å². The molecule has 2 aromatic carbocycles. The van der Waals surface area contributed by atoms with Gasteiger partial charge >= 0.3 is 5.97 Å². The molecule has 172 valence electrons. The number of nitrogens with zero attached hydrogens (tertiary/aromatic N) is 4. The van der Waals surface area contributed by atoms with Gasteiger partial charge in [0.2, 0.25) is 5.95 Å². The van der Waals surface area contributed by atoms with Crippen molar-refractivity contribution in [3.05, 3.63) is 88.6 Å². The fourth-order valence-corrected chi connectivity index (χ4v) is 3.41. The summed E-state index contributed by atoms with van der Waals surface area (Å²) in [6.07, 6.45) is 7.80. The summed E-state index contributed by atoms with van der Waals surface area (Å²) < 4.78 is 19.9. The number of nitrogens with one attached hydrogen (secondary N) is 1. The third-order valence-corrected chi connectivity index (χ3v) is 5.09. The van der Waals surface area contributed by atoms with Crippen molar-refractivity contribution in [1.29, 1.82) is 0 Å². The van der Waals surface area contributed by atoms with Gasteiger partial charge in [0.25, 0.3) is 0 Å². The van der Waals surface area contributed by atoms with E-state index in [1.807, 2.05) is 24.3 Å². The van der Waals surface area contributed by atoms with Crippen LogP contribution in [0.25, 0.3) is 23.0 Å². The molecule has 0 unspecified atom stereocenters. The number of ether oxygens (including phenoxy) is 1. The molecule has 2 heterocycles. The van der Waals surface area contributed by atoms with Gasteiger partial charge in [-0.05, 0) is 48.4 Å². The maximum Gasteiger partial charge on any atom is 0.330 e. The molecular weight excluding hydrogens is 480 g/mol. The van der Waals surface area contributed by atoms with E-state index >= 15 is 0 Å². The lowest BCUT2D eigenvalue weighted by Crippen LogP contribution is -2.06. The van der Waals surface area contributed by atoms with Crippen LogP contribution in [0.15, 0.2) is 67.1 Å². The zero-order valence-corrected chi connectivity index (χ0v) is 19.4. The Balaban J connectivity index is 1.72. The van der Waals surface area contributed by atoms with E-state index in [4.69, 9.17) is 27.9 Å². The summed E-state index contributed by atoms with van der Waals surface area (Å²) in [6, 6.07) is 11.7. The molecule has 0 bridgehead atoms. The SMILES string of the molecule is CCOC(=O)C=Cc1cccc(-c2cnc(Nc3ccc(F)c(Cl)c3)nc2-n2cc(Cl)cn2)c1. The van der Waals surface area contributed by atoms with Gasteiger partial charge < -0.3 is 10.1 Å². The van der Waals surface area contributed by atoms with Crippen LogP contribution in [0.1, 0.15) is 12.5 Å². The number of carbonyl (C=O) groups excluding carboxylic acids is 1. The summed E-state index contributed by atoms with van der Waals surface area (Å²) in [7, 11) is 0. The second-order valence-corrected chi connectivity index (χ2v) is 7.84. The van der Waals surface area contributed by atoms with Crippen LogP contribution < -0.4 is 5.32 Å². The van der Waals surface area contributed by atoms with E-state index in [0.29, 0.717) is 28.7 Å². The lowest BCUT2D eigenvalue weighted by molar-refractivity contribution is -0.137. The Hall–Kier alpha value is -3.75. The molecule has 0 aliphatic rings. The average Bonchev–Trinajstić information content (AvgIpc) is 3.27. The van der Waals surface area contributed by atoms with Crippen molar-refractivity contribution in [1.82, 2.24) is 19.7 Å². The molecule has 4 aromatic rings. The molecule has 2 aromatic heterocycles. The van der Waals surface area contributed by atoms with Crippen molar-refractivity contribution in [2.45, 2.75) is 6.92 Å². The molecule has 0 atom stereocenters. The topological polar surface area (TPSA) is 81.9 Å². The molecule has 0 aliphatic heterocycles. The minimum atomic E-state index is -0.521. The molecule has 0 spiro atoms. The van der Waals surface area contributed by atoms with Crippen molar-refractivity contribution in [2.75, 3.05) is 11.9 Å². The Labute approximate surface area is 204 Å². The largest absolute Gasteiger partial charge is 0.463 e. The van der Waals surface area contributed by atoms with E-state index in [0.717, 1.165) is 11.1 Å². The number of hydrogen-bond acceptors (Lipinski definition) is 6. The van der Waals surface area contributed by atoms with Gasteiger partial charge in [0.15, 0.2) is 5.82 Å². The summed E-state index contributed by atoms with van der Waals surface area (Å²) in [5.41, 5.74) is 2.78. The molecule has 0 amide bonds. The van der Waals surface area contributed by atoms with Crippen LogP contribution in [0.2, 0.25) is 10.0 Å². The van der Waals surface area contributed by atoms with Gasteiger partial charge in [-0.15, -0.1) is 0 Å². The van der Waals surface area contributed by atoms with Gasteiger partial charge in [0, 0.05) is 23.5 Å². The summed E-state index contributed by atoms with van der Waals surface area (Å²) in [5.74, 6) is -0.220. The predicted octanol–water partition coefficient (Wildman–Crippen LogP) is 6.10. The Kier molecular flexibility index (Phi) is 7.20. The number of rotatable bonds is 7. The van der Waals surface area contributed by atoms with E-state index in [2.05, 4.69) is 20.4 Å². The van der Waals surface area contributed by atoms with Crippen LogP contribution in [0.3, 0.4) is 0 Å². The van der Waals surface area contributed by atoms with Crippen LogP contribution in [0, 0.1) is 5.82 Å². The van der Waals surface area contributed by atoms with Crippen LogP contribution in [-0.4, -0.2) is 32.3 Å². The highest BCUT2D eigenvalue weighted by atomic mass is 35.5. The molecule has 0 aliphatic carbocycles. The van der Waals surface area contributed by atoms with Crippen LogP contribution >= 0.6 is 23.2 Å². The number of hydrogen-bond donors (Lipinski definition) is 1. The second-order valence-electron chi connectivity index (χ2n) is 7.00. The lowest BCUT2D eigenvalue weighted by Gasteiger charge is -2.12. The fourth-order valence-electron chi connectivity index (χ4n) is 3.10. The van der Waals surface area contributed by atoms with Gasteiger partial charge in [-0.1, -0.05) is 41.4 Å². The predicted molar refractivity (Wildman–Crippen MR) is 130 cm³/mol.